The van der Waals surface area contributed by atoms with Gasteiger partial charge in [0, 0.05) is 6.04 Å². The Kier molecular flexibility index (Phi) is 5.83. The van der Waals surface area contributed by atoms with Crippen LogP contribution >= 0.6 is 23.2 Å². The molecule has 0 radical (unpaired) electrons. The number of carbonyl (C=O) groups is 1. The number of amides is 1. The van der Waals surface area contributed by atoms with Gasteiger partial charge in [-0.05, 0) is 31.0 Å². The highest BCUT2D eigenvalue weighted by atomic mass is 35.5. The van der Waals surface area contributed by atoms with Crippen LogP contribution < -0.4 is 10.6 Å². The van der Waals surface area contributed by atoms with Crippen molar-refractivity contribution < 1.29 is 4.79 Å². The normalized spacial score (nSPS) is 12.0. The largest absolute Gasteiger partial charge is 0.322 e. The molecule has 0 aliphatic rings. The first-order valence-electron chi connectivity index (χ1n) is 7.02. The predicted octanol–water partition coefficient (Wildman–Crippen LogP) is 4.59. The van der Waals surface area contributed by atoms with Crippen LogP contribution in [0, 0.1) is 6.92 Å². The van der Waals surface area contributed by atoms with E-state index >= 15 is 0 Å². The third-order valence-electron chi connectivity index (χ3n) is 3.42. The minimum atomic E-state index is -0.183. The van der Waals surface area contributed by atoms with Crippen LogP contribution in [0.15, 0.2) is 42.5 Å². The molecule has 0 spiro atoms. The Morgan fingerprint density at radius 2 is 1.82 bits per heavy atom. The first-order chi connectivity index (χ1) is 10.5. The molecule has 0 aliphatic heterocycles. The van der Waals surface area contributed by atoms with E-state index in [-0.39, 0.29) is 18.5 Å². The predicted molar refractivity (Wildman–Crippen MR) is 92.7 cm³/mol. The maximum Gasteiger partial charge on any atom is 0.238 e. The van der Waals surface area contributed by atoms with Crippen molar-refractivity contribution in [3.05, 3.63) is 63.6 Å². The molecule has 2 aromatic carbocycles. The van der Waals surface area contributed by atoms with E-state index in [0.29, 0.717) is 15.7 Å². The molecule has 0 unspecified atom stereocenters. The third kappa shape index (κ3) is 4.23. The van der Waals surface area contributed by atoms with Gasteiger partial charge in [-0.2, -0.15) is 0 Å². The van der Waals surface area contributed by atoms with Gasteiger partial charge in [-0.1, -0.05) is 59.6 Å². The van der Waals surface area contributed by atoms with Crippen LogP contribution in [0.4, 0.5) is 5.69 Å². The molecule has 5 heteroatoms. The summed E-state index contributed by atoms with van der Waals surface area (Å²) < 4.78 is 0. The lowest BCUT2D eigenvalue weighted by Gasteiger charge is -2.15. The number of hydrogen-bond donors (Lipinski definition) is 2. The lowest BCUT2D eigenvalue weighted by atomic mass is 10.1. The zero-order chi connectivity index (χ0) is 16.1. The first kappa shape index (κ1) is 16.8. The molecule has 22 heavy (non-hydrogen) atoms. The Hall–Kier alpha value is -1.55. The van der Waals surface area contributed by atoms with Gasteiger partial charge < -0.3 is 10.6 Å². The van der Waals surface area contributed by atoms with Gasteiger partial charge in [0.25, 0.3) is 0 Å². The second-order valence-electron chi connectivity index (χ2n) is 5.11. The lowest BCUT2D eigenvalue weighted by molar-refractivity contribution is -0.115. The van der Waals surface area contributed by atoms with Crippen molar-refractivity contribution >= 4 is 34.8 Å². The summed E-state index contributed by atoms with van der Waals surface area (Å²) in [6.45, 7) is 4.05. The van der Waals surface area contributed by atoms with Crippen molar-refractivity contribution in [3.63, 3.8) is 0 Å². The molecule has 0 fully saturated rings. The van der Waals surface area contributed by atoms with Gasteiger partial charge in [-0.3, -0.25) is 4.79 Å². The van der Waals surface area contributed by atoms with Gasteiger partial charge in [0.05, 0.1) is 22.3 Å². The van der Waals surface area contributed by atoms with E-state index in [1.807, 2.05) is 50.2 Å². The first-order valence-corrected chi connectivity index (χ1v) is 7.77. The highest BCUT2D eigenvalue weighted by molar-refractivity contribution is 6.40. The Labute approximate surface area is 140 Å². The molecule has 2 rings (SSSR count). The number of carbonyl (C=O) groups excluding carboxylic acids is 1. The third-order valence-corrected chi connectivity index (χ3v) is 4.22. The Bertz CT molecular complexity index is 659. The summed E-state index contributed by atoms with van der Waals surface area (Å²) in [7, 11) is 0. The molecule has 0 heterocycles. The van der Waals surface area contributed by atoms with Crippen molar-refractivity contribution in [1.82, 2.24) is 5.32 Å². The van der Waals surface area contributed by atoms with E-state index in [0.717, 1.165) is 11.1 Å². The SMILES string of the molecule is Cc1ccc(Cl)c(NC(=O)CN[C@@H](C)c2ccccc2)c1Cl. The number of aryl methyl sites for hydroxylation is 1. The molecule has 0 saturated heterocycles. The van der Waals surface area contributed by atoms with Gasteiger partial charge in [0.1, 0.15) is 0 Å². The maximum atomic E-state index is 12.1. The second-order valence-corrected chi connectivity index (χ2v) is 5.90. The fourth-order valence-corrected chi connectivity index (χ4v) is 2.53. The van der Waals surface area contributed by atoms with Crippen LogP contribution in [0.5, 0.6) is 0 Å². The average Bonchev–Trinajstić information content (AvgIpc) is 2.53. The highest BCUT2D eigenvalue weighted by Crippen LogP contribution is 2.32. The molecule has 116 valence electrons. The molecule has 0 bridgehead atoms. The zero-order valence-corrected chi connectivity index (χ0v) is 14.0. The smallest absolute Gasteiger partial charge is 0.238 e. The summed E-state index contributed by atoms with van der Waals surface area (Å²) in [4.78, 5) is 12.1. The molecule has 1 atom stereocenters. The summed E-state index contributed by atoms with van der Waals surface area (Å²) >= 11 is 12.3. The quantitative estimate of drug-likeness (QED) is 0.838. The molecule has 2 N–H and O–H groups in total. The van der Waals surface area contributed by atoms with Gasteiger partial charge in [-0.15, -0.1) is 0 Å². The van der Waals surface area contributed by atoms with Crippen molar-refractivity contribution in [1.29, 1.82) is 0 Å². The van der Waals surface area contributed by atoms with Crippen LogP contribution in [-0.4, -0.2) is 12.5 Å². The van der Waals surface area contributed by atoms with Crippen LogP contribution in [0.25, 0.3) is 0 Å². The van der Waals surface area contributed by atoms with Crippen molar-refractivity contribution in [2.75, 3.05) is 11.9 Å². The fraction of sp³-hybridized carbons (Fsp3) is 0.235. The summed E-state index contributed by atoms with van der Waals surface area (Å²) in [6.07, 6.45) is 0. The standard InChI is InChI=1S/C17H18Cl2N2O/c1-11-8-9-14(18)17(16(11)19)21-15(22)10-20-12(2)13-6-4-3-5-7-13/h3-9,12,20H,10H2,1-2H3,(H,21,22)/t12-/m0/s1. The topological polar surface area (TPSA) is 41.1 Å². The van der Waals surface area contributed by atoms with Crippen LogP contribution in [-0.2, 0) is 4.79 Å². The van der Waals surface area contributed by atoms with Gasteiger partial charge in [0.2, 0.25) is 5.91 Å². The minimum absolute atomic E-state index is 0.0791. The zero-order valence-electron chi connectivity index (χ0n) is 12.5. The van der Waals surface area contributed by atoms with Gasteiger partial charge in [0.15, 0.2) is 0 Å². The minimum Gasteiger partial charge on any atom is -0.322 e. The van der Waals surface area contributed by atoms with E-state index in [2.05, 4.69) is 10.6 Å². The Balaban J connectivity index is 1.95. The van der Waals surface area contributed by atoms with E-state index < -0.39 is 0 Å². The van der Waals surface area contributed by atoms with Crippen molar-refractivity contribution in [2.24, 2.45) is 0 Å². The molecule has 3 nitrogen and oxygen atoms in total. The summed E-state index contributed by atoms with van der Waals surface area (Å²) in [5.41, 5.74) is 2.45. The van der Waals surface area contributed by atoms with E-state index in [9.17, 15) is 4.79 Å². The number of halogens is 2. The summed E-state index contributed by atoms with van der Waals surface area (Å²) in [6, 6.07) is 13.6. The highest BCUT2D eigenvalue weighted by Gasteiger charge is 2.13. The number of rotatable bonds is 5. The summed E-state index contributed by atoms with van der Waals surface area (Å²) in [5, 5.41) is 6.84. The molecule has 0 aliphatic carbocycles. The van der Waals surface area contributed by atoms with Gasteiger partial charge >= 0.3 is 0 Å². The number of benzene rings is 2. The Morgan fingerprint density at radius 1 is 1.14 bits per heavy atom. The number of hydrogen-bond acceptors (Lipinski definition) is 2. The lowest BCUT2D eigenvalue weighted by Crippen LogP contribution is -2.30. The second kappa shape index (κ2) is 7.63. The van der Waals surface area contributed by atoms with Crippen LogP contribution in [0.2, 0.25) is 10.0 Å². The number of nitrogens with one attached hydrogen (secondary N) is 2. The van der Waals surface area contributed by atoms with Crippen molar-refractivity contribution in [2.45, 2.75) is 19.9 Å². The fourth-order valence-electron chi connectivity index (χ4n) is 2.06. The molecular formula is C17H18Cl2N2O. The summed E-state index contributed by atoms with van der Waals surface area (Å²) in [5.74, 6) is -0.183. The average molecular weight is 337 g/mol. The molecule has 1 amide bonds. The molecule has 2 aromatic rings. The maximum absolute atomic E-state index is 12.1. The van der Waals surface area contributed by atoms with Gasteiger partial charge in [-0.25, -0.2) is 0 Å². The van der Waals surface area contributed by atoms with E-state index in [1.165, 1.54) is 0 Å². The van der Waals surface area contributed by atoms with E-state index in [1.54, 1.807) is 6.07 Å². The number of anilines is 1. The van der Waals surface area contributed by atoms with Crippen molar-refractivity contribution in [3.8, 4) is 0 Å². The monoisotopic (exact) mass is 336 g/mol. The van der Waals surface area contributed by atoms with E-state index in [4.69, 9.17) is 23.2 Å². The molecule has 0 saturated carbocycles. The van der Waals surface area contributed by atoms with Crippen LogP contribution in [0.1, 0.15) is 24.1 Å². The molecule has 0 aromatic heterocycles. The Morgan fingerprint density at radius 3 is 2.50 bits per heavy atom. The molecular weight excluding hydrogens is 319 g/mol. The van der Waals surface area contributed by atoms with Crippen LogP contribution in [0.3, 0.4) is 0 Å².